The summed E-state index contributed by atoms with van der Waals surface area (Å²) >= 11 is 0. The molecular formula is C19H30N4O3. The Labute approximate surface area is 155 Å². The van der Waals surface area contributed by atoms with E-state index in [1.807, 2.05) is 25.1 Å². The second-order valence-electron chi connectivity index (χ2n) is 7.16. The van der Waals surface area contributed by atoms with E-state index in [-0.39, 0.29) is 12.1 Å². The third-order valence-electron chi connectivity index (χ3n) is 4.77. The Morgan fingerprint density at radius 1 is 1.15 bits per heavy atom. The molecule has 1 saturated heterocycles. The lowest BCUT2D eigenvalue weighted by molar-refractivity contribution is 0.144. The average Bonchev–Trinajstić information content (AvgIpc) is 2.86. The summed E-state index contributed by atoms with van der Waals surface area (Å²) in [5.41, 5.74) is 0.996. The molecule has 2 aliphatic heterocycles. The molecule has 0 radical (unpaired) electrons. The first-order valence-electron chi connectivity index (χ1n) is 9.44. The first-order valence-corrected chi connectivity index (χ1v) is 9.44. The van der Waals surface area contributed by atoms with Crippen molar-refractivity contribution in [2.24, 2.45) is 0 Å². The van der Waals surface area contributed by atoms with Gasteiger partial charge in [0, 0.05) is 51.7 Å². The van der Waals surface area contributed by atoms with Crippen LogP contribution in [0.4, 0.5) is 4.79 Å². The largest absolute Gasteiger partial charge is 0.490 e. The van der Waals surface area contributed by atoms with Gasteiger partial charge in [-0.15, -0.1) is 0 Å². The highest BCUT2D eigenvalue weighted by atomic mass is 16.5. The molecule has 0 aliphatic carbocycles. The Kier molecular flexibility index (Phi) is 6.57. The van der Waals surface area contributed by atoms with Gasteiger partial charge in [-0.05, 0) is 31.7 Å². The third-order valence-corrected chi connectivity index (χ3v) is 4.77. The quantitative estimate of drug-likeness (QED) is 0.826. The van der Waals surface area contributed by atoms with Crippen LogP contribution in [0.3, 0.4) is 0 Å². The number of nitrogens with zero attached hydrogens (tertiary/aromatic N) is 2. The summed E-state index contributed by atoms with van der Waals surface area (Å²) in [5, 5.41) is 5.94. The minimum atomic E-state index is -0.140. The molecule has 1 aromatic rings. The average molecular weight is 362 g/mol. The van der Waals surface area contributed by atoms with Gasteiger partial charge >= 0.3 is 6.03 Å². The molecule has 1 atom stereocenters. The maximum absolute atomic E-state index is 12.2. The van der Waals surface area contributed by atoms with Gasteiger partial charge in [0.1, 0.15) is 0 Å². The number of ether oxygens (including phenoxy) is 2. The summed E-state index contributed by atoms with van der Waals surface area (Å²) in [6.07, 6.45) is 0.885. The van der Waals surface area contributed by atoms with Crippen molar-refractivity contribution in [1.29, 1.82) is 0 Å². The lowest BCUT2D eigenvalue weighted by Crippen LogP contribution is -2.51. The van der Waals surface area contributed by atoms with E-state index in [1.165, 1.54) is 0 Å². The first kappa shape index (κ1) is 18.8. The molecule has 1 fully saturated rings. The summed E-state index contributed by atoms with van der Waals surface area (Å²) in [4.78, 5) is 16.9. The highest BCUT2D eigenvalue weighted by Crippen LogP contribution is 2.30. The summed E-state index contributed by atoms with van der Waals surface area (Å²) in [6.45, 7) is 9.02. The number of nitrogens with one attached hydrogen (secondary N) is 2. The number of carbonyl (C=O) groups is 1. The van der Waals surface area contributed by atoms with Gasteiger partial charge in [-0.3, -0.25) is 4.90 Å². The second-order valence-corrected chi connectivity index (χ2v) is 7.16. The zero-order chi connectivity index (χ0) is 18.4. The molecule has 0 saturated carbocycles. The molecule has 1 unspecified atom stereocenters. The normalized spacial score (nSPS) is 19.5. The number of hydrogen-bond acceptors (Lipinski definition) is 5. The van der Waals surface area contributed by atoms with Gasteiger partial charge in [-0.25, -0.2) is 4.79 Å². The monoisotopic (exact) mass is 362 g/mol. The second kappa shape index (κ2) is 9.09. The lowest BCUT2D eigenvalue weighted by atomic mass is 10.2. The number of urea groups is 1. The number of likely N-dealkylation sites (N-methyl/N-ethyl adjacent to an activating group) is 1. The van der Waals surface area contributed by atoms with Crippen molar-refractivity contribution >= 4 is 6.03 Å². The fraction of sp³-hybridized carbons (Fsp3) is 0.632. The van der Waals surface area contributed by atoms with Gasteiger partial charge in [0.25, 0.3) is 0 Å². The Hall–Kier alpha value is -1.99. The molecule has 2 aliphatic rings. The van der Waals surface area contributed by atoms with Gasteiger partial charge < -0.3 is 25.0 Å². The van der Waals surface area contributed by atoms with E-state index >= 15 is 0 Å². The molecule has 2 heterocycles. The molecule has 26 heavy (non-hydrogen) atoms. The van der Waals surface area contributed by atoms with Crippen LogP contribution in [-0.4, -0.2) is 74.9 Å². The fourth-order valence-electron chi connectivity index (χ4n) is 3.24. The van der Waals surface area contributed by atoms with E-state index in [0.717, 1.165) is 56.2 Å². The number of piperazine rings is 1. The van der Waals surface area contributed by atoms with Gasteiger partial charge in [-0.2, -0.15) is 0 Å². The Bertz CT molecular complexity index is 602. The van der Waals surface area contributed by atoms with Crippen LogP contribution in [-0.2, 0) is 6.54 Å². The molecule has 3 rings (SSSR count). The number of carbonyl (C=O) groups excluding carboxylic acids is 1. The zero-order valence-corrected chi connectivity index (χ0v) is 15.8. The molecule has 1 aromatic carbocycles. The van der Waals surface area contributed by atoms with Crippen LogP contribution in [0.15, 0.2) is 18.2 Å². The van der Waals surface area contributed by atoms with Crippen LogP contribution in [0, 0.1) is 0 Å². The van der Waals surface area contributed by atoms with Crippen molar-refractivity contribution in [2.45, 2.75) is 25.9 Å². The zero-order valence-electron chi connectivity index (χ0n) is 15.8. The minimum Gasteiger partial charge on any atom is -0.490 e. The molecule has 7 heteroatoms. The Balaban J connectivity index is 1.41. The van der Waals surface area contributed by atoms with E-state index in [9.17, 15) is 4.79 Å². The van der Waals surface area contributed by atoms with E-state index in [1.54, 1.807) is 0 Å². The van der Waals surface area contributed by atoms with Crippen LogP contribution >= 0.6 is 0 Å². The van der Waals surface area contributed by atoms with Gasteiger partial charge in [0.2, 0.25) is 0 Å². The van der Waals surface area contributed by atoms with Crippen LogP contribution in [0.25, 0.3) is 0 Å². The van der Waals surface area contributed by atoms with E-state index in [2.05, 4.69) is 27.5 Å². The van der Waals surface area contributed by atoms with E-state index < -0.39 is 0 Å². The lowest BCUT2D eigenvalue weighted by Gasteiger charge is -2.34. The molecule has 0 bridgehead atoms. The fourth-order valence-corrected chi connectivity index (χ4v) is 3.24. The molecule has 144 valence electrons. The van der Waals surface area contributed by atoms with E-state index in [0.29, 0.717) is 19.8 Å². The van der Waals surface area contributed by atoms with Crippen molar-refractivity contribution in [3.63, 3.8) is 0 Å². The predicted molar refractivity (Wildman–Crippen MR) is 101 cm³/mol. The minimum absolute atomic E-state index is 0.113. The van der Waals surface area contributed by atoms with Crippen molar-refractivity contribution in [3.05, 3.63) is 23.8 Å². The highest BCUT2D eigenvalue weighted by Gasteiger charge is 2.17. The number of benzene rings is 1. The van der Waals surface area contributed by atoms with Crippen LogP contribution in [0.1, 0.15) is 18.9 Å². The van der Waals surface area contributed by atoms with Crippen LogP contribution < -0.4 is 20.1 Å². The summed E-state index contributed by atoms with van der Waals surface area (Å²) in [7, 11) is 2.14. The summed E-state index contributed by atoms with van der Waals surface area (Å²) in [5.74, 6) is 1.53. The van der Waals surface area contributed by atoms with Crippen molar-refractivity contribution in [2.75, 3.05) is 53.0 Å². The van der Waals surface area contributed by atoms with Crippen molar-refractivity contribution in [3.8, 4) is 11.5 Å². The van der Waals surface area contributed by atoms with Crippen molar-refractivity contribution < 1.29 is 14.3 Å². The summed E-state index contributed by atoms with van der Waals surface area (Å²) in [6, 6.07) is 5.78. The number of rotatable bonds is 5. The first-order chi connectivity index (χ1) is 12.6. The maximum atomic E-state index is 12.2. The molecule has 0 aromatic heterocycles. The smallest absolute Gasteiger partial charge is 0.315 e. The van der Waals surface area contributed by atoms with E-state index in [4.69, 9.17) is 9.47 Å². The Morgan fingerprint density at radius 2 is 1.88 bits per heavy atom. The highest BCUT2D eigenvalue weighted by molar-refractivity contribution is 5.74. The molecule has 7 nitrogen and oxygen atoms in total. The van der Waals surface area contributed by atoms with Gasteiger partial charge in [-0.1, -0.05) is 6.07 Å². The molecule has 2 amide bonds. The molecular weight excluding hydrogens is 332 g/mol. The number of hydrogen-bond donors (Lipinski definition) is 2. The van der Waals surface area contributed by atoms with Gasteiger partial charge in [0.05, 0.1) is 13.2 Å². The van der Waals surface area contributed by atoms with Gasteiger partial charge in [0.15, 0.2) is 11.5 Å². The standard InChI is InChI=1S/C19H30N4O3/c1-15(14-23-8-6-22(2)7-9-23)21-19(24)20-13-16-4-5-17-18(12-16)26-11-3-10-25-17/h4-5,12,15H,3,6-11,13-14H2,1-2H3,(H2,20,21,24). The Morgan fingerprint density at radius 3 is 2.65 bits per heavy atom. The third kappa shape index (κ3) is 5.51. The topological polar surface area (TPSA) is 66.1 Å². The maximum Gasteiger partial charge on any atom is 0.315 e. The SMILES string of the molecule is CC(CN1CCN(C)CC1)NC(=O)NCc1ccc2c(c1)OCCCO2. The predicted octanol–water partition coefficient (Wildman–Crippen LogP) is 1.28. The van der Waals surface area contributed by atoms with Crippen LogP contribution in [0.5, 0.6) is 11.5 Å². The number of amides is 2. The van der Waals surface area contributed by atoms with Crippen molar-refractivity contribution in [1.82, 2.24) is 20.4 Å². The summed E-state index contributed by atoms with van der Waals surface area (Å²) < 4.78 is 11.3. The van der Waals surface area contributed by atoms with Crippen LogP contribution in [0.2, 0.25) is 0 Å². The number of fused-ring (bicyclic) bond motifs is 1. The molecule has 2 N–H and O–H groups in total. The molecule has 0 spiro atoms.